The number of benzene rings is 2. The van der Waals surface area contributed by atoms with Gasteiger partial charge in [-0.05, 0) is 48.2 Å². The Hall–Kier alpha value is -3.77. The lowest BCUT2D eigenvalue weighted by Crippen LogP contribution is -2.39. The van der Waals surface area contributed by atoms with E-state index in [-0.39, 0.29) is 24.4 Å². The van der Waals surface area contributed by atoms with E-state index in [4.69, 9.17) is 0 Å². The van der Waals surface area contributed by atoms with Crippen LogP contribution >= 0.6 is 11.3 Å². The third-order valence-electron chi connectivity index (χ3n) is 5.26. The molecule has 1 aliphatic carbocycles. The molecule has 1 unspecified atom stereocenters. The molecule has 1 aromatic heterocycles. The second kappa shape index (κ2) is 9.38. The van der Waals surface area contributed by atoms with Gasteiger partial charge in [-0.2, -0.15) is 5.26 Å². The highest BCUT2D eigenvalue weighted by molar-refractivity contribution is 7.18. The largest absolute Gasteiger partial charge is 0.352 e. The molecule has 2 N–H and O–H groups in total. The summed E-state index contributed by atoms with van der Waals surface area (Å²) in [5, 5.41) is 15.3. The molecule has 3 aromatic rings. The van der Waals surface area contributed by atoms with Crippen LogP contribution in [0.5, 0.6) is 0 Å². The molecular weight excluding hydrogens is 438 g/mol. The molecule has 33 heavy (non-hydrogen) atoms. The SMILES string of the molecule is CN(C)C(=O)c1cccc(-c2ccc3nc(C(C#N)C(=O)NCC(=O)NC4CC4)sc3c2)c1. The van der Waals surface area contributed by atoms with Crippen molar-refractivity contribution in [3.05, 3.63) is 53.0 Å². The average Bonchev–Trinajstić information content (AvgIpc) is 3.52. The highest BCUT2D eigenvalue weighted by Crippen LogP contribution is 2.32. The van der Waals surface area contributed by atoms with E-state index in [0.717, 1.165) is 28.7 Å². The normalized spacial score (nSPS) is 13.7. The summed E-state index contributed by atoms with van der Waals surface area (Å²) in [4.78, 5) is 42.6. The van der Waals surface area contributed by atoms with Crippen molar-refractivity contribution < 1.29 is 14.4 Å². The van der Waals surface area contributed by atoms with E-state index >= 15 is 0 Å². The lowest BCUT2D eigenvalue weighted by molar-refractivity contribution is -0.126. The monoisotopic (exact) mass is 461 g/mol. The van der Waals surface area contributed by atoms with E-state index < -0.39 is 11.8 Å². The van der Waals surface area contributed by atoms with Crippen LogP contribution in [0, 0.1) is 11.3 Å². The van der Waals surface area contributed by atoms with Gasteiger partial charge in [0.15, 0.2) is 5.92 Å². The summed E-state index contributed by atoms with van der Waals surface area (Å²) in [6.07, 6.45) is 1.93. The minimum Gasteiger partial charge on any atom is -0.352 e. The van der Waals surface area contributed by atoms with Gasteiger partial charge < -0.3 is 15.5 Å². The van der Waals surface area contributed by atoms with Gasteiger partial charge in [-0.1, -0.05) is 18.2 Å². The zero-order valence-corrected chi connectivity index (χ0v) is 19.1. The minimum absolute atomic E-state index is 0.0771. The summed E-state index contributed by atoms with van der Waals surface area (Å²) in [6.45, 7) is -0.162. The van der Waals surface area contributed by atoms with E-state index in [2.05, 4.69) is 15.6 Å². The fraction of sp³-hybridized carbons (Fsp3) is 0.292. The van der Waals surface area contributed by atoms with E-state index in [1.54, 1.807) is 20.2 Å². The zero-order chi connectivity index (χ0) is 23.5. The summed E-state index contributed by atoms with van der Waals surface area (Å²) in [5.74, 6) is -1.98. The molecular formula is C24H23N5O3S. The lowest BCUT2D eigenvalue weighted by Gasteiger charge is -2.11. The van der Waals surface area contributed by atoms with Crippen LogP contribution in [0.4, 0.5) is 0 Å². The Kier molecular flexibility index (Phi) is 6.38. The molecule has 168 valence electrons. The van der Waals surface area contributed by atoms with Crippen molar-refractivity contribution in [2.24, 2.45) is 0 Å². The molecule has 4 rings (SSSR count). The van der Waals surface area contributed by atoms with Crippen molar-refractivity contribution >= 4 is 39.3 Å². The molecule has 9 heteroatoms. The summed E-state index contributed by atoms with van der Waals surface area (Å²) in [7, 11) is 3.42. The number of thiazole rings is 1. The average molecular weight is 462 g/mol. The van der Waals surface area contributed by atoms with Gasteiger partial charge in [-0.3, -0.25) is 14.4 Å². The number of carbonyl (C=O) groups is 3. The van der Waals surface area contributed by atoms with Crippen LogP contribution in [0.15, 0.2) is 42.5 Å². The van der Waals surface area contributed by atoms with Gasteiger partial charge in [-0.25, -0.2) is 4.98 Å². The number of nitrogens with one attached hydrogen (secondary N) is 2. The number of nitriles is 1. The van der Waals surface area contributed by atoms with E-state index in [0.29, 0.717) is 16.1 Å². The molecule has 3 amide bonds. The highest BCUT2D eigenvalue weighted by Gasteiger charge is 2.26. The Morgan fingerprint density at radius 1 is 1.18 bits per heavy atom. The number of rotatable bonds is 7. The quantitative estimate of drug-likeness (QED) is 0.561. The number of aromatic nitrogens is 1. The molecule has 1 saturated carbocycles. The Morgan fingerprint density at radius 3 is 2.64 bits per heavy atom. The van der Waals surface area contributed by atoms with Crippen molar-refractivity contribution in [2.75, 3.05) is 20.6 Å². The fourth-order valence-corrected chi connectivity index (χ4v) is 4.39. The molecule has 1 fully saturated rings. The van der Waals surface area contributed by atoms with Gasteiger partial charge in [0.2, 0.25) is 11.8 Å². The van der Waals surface area contributed by atoms with Crippen molar-refractivity contribution in [1.29, 1.82) is 5.26 Å². The third kappa shape index (κ3) is 5.18. The number of hydrogen-bond donors (Lipinski definition) is 2. The van der Waals surface area contributed by atoms with Gasteiger partial charge in [0.1, 0.15) is 5.01 Å². The molecule has 0 aliphatic heterocycles. The van der Waals surface area contributed by atoms with Gasteiger partial charge in [-0.15, -0.1) is 11.3 Å². The van der Waals surface area contributed by atoms with Gasteiger partial charge in [0.25, 0.3) is 5.91 Å². The molecule has 8 nitrogen and oxygen atoms in total. The summed E-state index contributed by atoms with van der Waals surface area (Å²) < 4.78 is 0.825. The predicted molar refractivity (Wildman–Crippen MR) is 126 cm³/mol. The first-order valence-corrected chi connectivity index (χ1v) is 11.4. The molecule has 0 saturated heterocycles. The smallest absolute Gasteiger partial charge is 0.253 e. The second-order valence-corrected chi connectivity index (χ2v) is 9.20. The van der Waals surface area contributed by atoms with Gasteiger partial charge >= 0.3 is 0 Å². The van der Waals surface area contributed by atoms with Crippen molar-refractivity contribution in [1.82, 2.24) is 20.5 Å². The molecule has 0 bridgehead atoms. The van der Waals surface area contributed by atoms with E-state index in [1.807, 2.05) is 42.5 Å². The highest BCUT2D eigenvalue weighted by atomic mass is 32.1. The second-order valence-electron chi connectivity index (χ2n) is 8.14. The maximum Gasteiger partial charge on any atom is 0.253 e. The van der Waals surface area contributed by atoms with Crippen LogP contribution in [0.2, 0.25) is 0 Å². The first-order chi connectivity index (χ1) is 15.9. The number of hydrogen-bond acceptors (Lipinski definition) is 6. The van der Waals surface area contributed by atoms with Crippen molar-refractivity contribution in [2.45, 2.75) is 24.8 Å². The van der Waals surface area contributed by atoms with E-state index in [9.17, 15) is 19.6 Å². The number of nitrogens with zero attached hydrogens (tertiary/aromatic N) is 3. The number of amides is 3. The fourth-order valence-electron chi connectivity index (χ4n) is 3.34. The predicted octanol–water partition coefficient (Wildman–Crippen LogP) is 2.67. The van der Waals surface area contributed by atoms with Crippen molar-refractivity contribution in [3.8, 4) is 17.2 Å². The third-order valence-corrected chi connectivity index (χ3v) is 6.34. The molecule has 1 aliphatic rings. The standard InChI is InChI=1S/C24H23N5O3S/c1-29(2)24(32)16-5-3-4-14(10-16)15-6-9-19-20(11-15)33-23(28-19)18(12-25)22(31)26-13-21(30)27-17-7-8-17/h3-6,9-11,17-18H,7-8,13H2,1-2H3,(H,26,31)(H,27,30). The summed E-state index contributed by atoms with van der Waals surface area (Å²) >= 11 is 1.27. The van der Waals surface area contributed by atoms with Gasteiger partial charge in [0.05, 0.1) is 22.8 Å². The molecule has 0 radical (unpaired) electrons. The Labute approximate surface area is 195 Å². The number of fused-ring (bicyclic) bond motifs is 1. The first-order valence-electron chi connectivity index (χ1n) is 10.5. The first kappa shape index (κ1) is 22.4. The Balaban J connectivity index is 1.53. The van der Waals surface area contributed by atoms with Crippen LogP contribution in [-0.2, 0) is 9.59 Å². The van der Waals surface area contributed by atoms with Crippen LogP contribution in [0.3, 0.4) is 0 Å². The maximum absolute atomic E-state index is 12.5. The molecule has 1 atom stereocenters. The number of carbonyl (C=O) groups excluding carboxylic acids is 3. The zero-order valence-electron chi connectivity index (χ0n) is 18.3. The topological polar surface area (TPSA) is 115 Å². The lowest BCUT2D eigenvalue weighted by atomic mass is 10.0. The van der Waals surface area contributed by atoms with Crippen molar-refractivity contribution in [3.63, 3.8) is 0 Å². The van der Waals surface area contributed by atoms with Crippen LogP contribution in [0.1, 0.15) is 34.1 Å². The Morgan fingerprint density at radius 2 is 1.94 bits per heavy atom. The van der Waals surface area contributed by atoms with E-state index in [1.165, 1.54) is 16.2 Å². The molecule has 2 aromatic carbocycles. The van der Waals surface area contributed by atoms with Crippen LogP contribution < -0.4 is 10.6 Å². The summed E-state index contributed by atoms with van der Waals surface area (Å²) in [5.41, 5.74) is 3.06. The Bertz CT molecular complexity index is 1270. The summed E-state index contributed by atoms with van der Waals surface area (Å²) in [6, 6.07) is 15.2. The molecule has 1 heterocycles. The minimum atomic E-state index is -1.10. The van der Waals surface area contributed by atoms with Crippen LogP contribution in [0.25, 0.3) is 21.3 Å². The maximum atomic E-state index is 12.5. The van der Waals surface area contributed by atoms with Crippen LogP contribution in [-0.4, -0.2) is 54.3 Å². The molecule has 0 spiro atoms. The van der Waals surface area contributed by atoms with Gasteiger partial charge in [0, 0.05) is 25.7 Å².